The van der Waals surface area contributed by atoms with E-state index in [0.29, 0.717) is 13.1 Å². The fraction of sp³-hybridized carbons (Fsp3) is 0.304. The average Bonchev–Trinajstić information content (AvgIpc) is 3.54. The predicted molar refractivity (Wildman–Crippen MR) is 117 cm³/mol. The first-order valence-electron chi connectivity index (χ1n) is 10.6. The van der Waals surface area contributed by atoms with Crippen molar-refractivity contribution in [1.82, 2.24) is 34.3 Å². The molecule has 1 amide bonds. The molecule has 1 atom stereocenters. The van der Waals surface area contributed by atoms with E-state index in [1.807, 2.05) is 64.8 Å². The van der Waals surface area contributed by atoms with Crippen LogP contribution in [0.15, 0.2) is 61.2 Å². The van der Waals surface area contributed by atoms with Crippen LogP contribution >= 0.6 is 0 Å². The Balaban J connectivity index is 1.24. The van der Waals surface area contributed by atoms with E-state index < -0.39 is 0 Å². The monoisotopic (exact) mass is 415 g/mol. The molecule has 0 aliphatic carbocycles. The van der Waals surface area contributed by atoms with Crippen molar-refractivity contribution in [2.45, 2.75) is 25.4 Å². The summed E-state index contributed by atoms with van der Waals surface area (Å²) in [6.07, 6.45) is 7.42. The van der Waals surface area contributed by atoms with Crippen LogP contribution < -0.4 is 5.32 Å². The van der Waals surface area contributed by atoms with Crippen LogP contribution in [0.3, 0.4) is 0 Å². The fourth-order valence-corrected chi connectivity index (χ4v) is 4.29. The summed E-state index contributed by atoms with van der Waals surface area (Å²) in [6, 6.07) is 14.2. The molecular formula is C23H25N7O. The number of pyridine rings is 1. The molecule has 1 saturated heterocycles. The Kier molecular flexibility index (Phi) is 5.21. The summed E-state index contributed by atoms with van der Waals surface area (Å²) in [5.41, 5.74) is 3.00. The number of fused-ring (bicyclic) bond motifs is 1. The number of likely N-dealkylation sites (tertiary alicyclic amines) is 1. The van der Waals surface area contributed by atoms with Crippen molar-refractivity contribution >= 4 is 16.9 Å². The van der Waals surface area contributed by atoms with E-state index in [-0.39, 0.29) is 11.9 Å². The zero-order valence-corrected chi connectivity index (χ0v) is 17.5. The molecule has 0 unspecified atom stereocenters. The largest absolute Gasteiger partial charge is 0.348 e. The summed E-state index contributed by atoms with van der Waals surface area (Å²) >= 11 is 0. The van der Waals surface area contributed by atoms with E-state index in [0.717, 1.165) is 47.8 Å². The normalized spacial score (nSPS) is 16.7. The minimum Gasteiger partial charge on any atom is -0.348 e. The second-order valence-electron chi connectivity index (χ2n) is 7.87. The minimum atomic E-state index is 0.00437. The molecule has 8 heteroatoms. The zero-order chi connectivity index (χ0) is 21.2. The van der Waals surface area contributed by atoms with Crippen LogP contribution in [0.2, 0.25) is 0 Å². The smallest absolute Gasteiger partial charge is 0.234 e. The minimum absolute atomic E-state index is 0.00437. The van der Waals surface area contributed by atoms with Crippen LogP contribution in [-0.4, -0.2) is 48.0 Å². The van der Waals surface area contributed by atoms with Crippen LogP contribution in [0.5, 0.6) is 0 Å². The fourth-order valence-electron chi connectivity index (χ4n) is 4.29. The first-order valence-corrected chi connectivity index (χ1v) is 10.6. The van der Waals surface area contributed by atoms with E-state index in [1.165, 1.54) is 0 Å². The summed E-state index contributed by atoms with van der Waals surface area (Å²) < 4.78 is 3.92. The molecule has 4 aromatic rings. The van der Waals surface area contributed by atoms with E-state index in [4.69, 9.17) is 4.98 Å². The number of para-hydroxylation sites is 2. The molecule has 31 heavy (non-hydrogen) atoms. The Morgan fingerprint density at radius 3 is 2.90 bits per heavy atom. The molecule has 1 fully saturated rings. The number of aromatic nitrogens is 5. The lowest BCUT2D eigenvalue weighted by molar-refractivity contribution is -0.122. The van der Waals surface area contributed by atoms with Crippen molar-refractivity contribution < 1.29 is 4.79 Å². The molecule has 8 nitrogen and oxygen atoms in total. The number of benzene rings is 1. The summed E-state index contributed by atoms with van der Waals surface area (Å²) in [5.74, 6) is 1.69. The van der Waals surface area contributed by atoms with Gasteiger partial charge in [0.2, 0.25) is 5.91 Å². The van der Waals surface area contributed by atoms with Gasteiger partial charge in [-0.2, -0.15) is 0 Å². The van der Waals surface area contributed by atoms with Crippen LogP contribution in [0.1, 0.15) is 30.4 Å². The summed E-state index contributed by atoms with van der Waals surface area (Å²) in [6.45, 7) is 1.66. The summed E-state index contributed by atoms with van der Waals surface area (Å²) in [5, 5.41) is 3.04. The molecule has 5 rings (SSSR count). The molecule has 1 N–H and O–H groups in total. The molecule has 1 aliphatic rings. The van der Waals surface area contributed by atoms with Gasteiger partial charge in [-0.15, -0.1) is 0 Å². The van der Waals surface area contributed by atoms with Gasteiger partial charge in [-0.1, -0.05) is 18.2 Å². The highest BCUT2D eigenvalue weighted by atomic mass is 16.2. The van der Waals surface area contributed by atoms with Crippen molar-refractivity contribution in [3.63, 3.8) is 0 Å². The first kappa shape index (κ1) is 19.4. The number of carbonyl (C=O) groups excluding carboxylic acids is 1. The SMILES string of the molecule is Cn1c(CNC(=O)CN2CCC[C@@H]2c2cccc(-n3ccnc3)n2)nc2ccccc21. The van der Waals surface area contributed by atoms with Gasteiger partial charge in [-0.3, -0.25) is 14.3 Å². The first-order chi connectivity index (χ1) is 15.2. The number of hydrogen-bond acceptors (Lipinski definition) is 5. The number of carbonyl (C=O) groups is 1. The number of aryl methyl sites for hydroxylation is 1. The van der Waals surface area contributed by atoms with E-state index >= 15 is 0 Å². The predicted octanol–water partition coefficient (Wildman–Crippen LogP) is 2.61. The van der Waals surface area contributed by atoms with Gasteiger partial charge in [0.05, 0.1) is 35.9 Å². The maximum absolute atomic E-state index is 12.7. The molecule has 158 valence electrons. The molecule has 0 spiro atoms. The molecular weight excluding hydrogens is 390 g/mol. The molecule has 0 bridgehead atoms. The van der Waals surface area contributed by atoms with Gasteiger partial charge >= 0.3 is 0 Å². The summed E-state index contributed by atoms with van der Waals surface area (Å²) in [4.78, 5) is 28.5. The van der Waals surface area contributed by atoms with Crippen molar-refractivity contribution in [2.75, 3.05) is 13.1 Å². The summed E-state index contributed by atoms with van der Waals surface area (Å²) in [7, 11) is 1.98. The molecule has 4 heterocycles. The van der Waals surface area contributed by atoms with Crippen molar-refractivity contribution in [3.8, 4) is 5.82 Å². The second-order valence-corrected chi connectivity index (χ2v) is 7.87. The lowest BCUT2D eigenvalue weighted by Crippen LogP contribution is -2.37. The second kappa shape index (κ2) is 8.31. The Labute approximate surface area is 180 Å². The number of amides is 1. The zero-order valence-electron chi connectivity index (χ0n) is 17.5. The van der Waals surface area contributed by atoms with Gasteiger partial charge in [0, 0.05) is 19.4 Å². The highest BCUT2D eigenvalue weighted by Crippen LogP contribution is 2.30. The third-order valence-corrected chi connectivity index (χ3v) is 5.90. The number of hydrogen-bond donors (Lipinski definition) is 1. The lowest BCUT2D eigenvalue weighted by atomic mass is 10.1. The molecule has 0 saturated carbocycles. The van der Waals surface area contributed by atoms with Crippen molar-refractivity contribution in [2.24, 2.45) is 7.05 Å². The van der Waals surface area contributed by atoms with Gasteiger partial charge in [-0.25, -0.2) is 15.0 Å². The third kappa shape index (κ3) is 3.94. The van der Waals surface area contributed by atoms with Gasteiger partial charge in [0.1, 0.15) is 18.0 Å². The van der Waals surface area contributed by atoms with Crippen molar-refractivity contribution in [3.05, 3.63) is 72.7 Å². The van der Waals surface area contributed by atoms with E-state index in [9.17, 15) is 4.79 Å². The molecule has 3 aromatic heterocycles. The van der Waals surface area contributed by atoms with Gasteiger partial charge < -0.3 is 9.88 Å². The molecule has 1 aromatic carbocycles. The Bertz CT molecular complexity index is 1200. The van der Waals surface area contributed by atoms with Gasteiger partial charge in [0.25, 0.3) is 0 Å². The van der Waals surface area contributed by atoms with Crippen LogP contribution in [0.25, 0.3) is 16.9 Å². The van der Waals surface area contributed by atoms with Crippen LogP contribution in [0, 0.1) is 0 Å². The van der Waals surface area contributed by atoms with Gasteiger partial charge in [-0.05, 0) is 43.7 Å². The Morgan fingerprint density at radius 1 is 1.16 bits per heavy atom. The Hall–Kier alpha value is -3.52. The van der Waals surface area contributed by atoms with Gasteiger partial charge in [0.15, 0.2) is 0 Å². The van der Waals surface area contributed by atoms with E-state index in [1.54, 1.807) is 12.5 Å². The van der Waals surface area contributed by atoms with E-state index in [2.05, 4.69) is 20.2 Å². The third-order valence-electron chi connectivity index (χ3n) is 5.90. The van der Waals surface area contributed by atoms with Crippen LogP contribution in [0.4, 0.5) is 0 Å². The standard InChI is InChI=1S/C23H25N7O/c1-28-19-8-3-2-6-17(19)27-22(28)14-25-23(31)15-29-12-5-9-20(29)18-7-4-10-21(26-18)30-13-11-24-16-30/h2-4,6-8,10-11,13,16,20H,5,9,12,14-15H2,1H3,(H,25,31)/t20-/m1/s1. The molecule has 1 aliphatic heterocycles. The number of nitrogens with one attached hydrogen (secondary N) is 1. The number of nitrogens with zero attached hydrogens (tertiary/aromatic N) is 6. The quantitative estimate of drug-likeness (QED) is 0.524. The highest BCUT2D eigenvalue weighted by Gasteiger charge is 2.28. The Morgan fingerprint density at radius 2 is 2.06 bits per heavy atom. The topological polar surface area (TPSA) is 80.9 Å². The lowest BCUT2D eigenvalue weighted by Gasteiger charge is -2.23. The average molecular weight is 416 g/mol. The van der Waals surface area contributed by atoms with Crippen LogP contribution in [-0.2, 0) is 18.4 Å². The maximum Gasteiger partial charge on any atom is 0.234 e. The number of imidazole rings is 2. The maximum atomic E-state index is 12.7. The highest BCUT2D eigenvalue weighted by molar-refractivity contribution is 5.78. The van der Waals surface area contributed by atoms with Crippen molar-refractivity contribution in [1.29, 1.82) is 0 Å². The molecule has 0 radical (unpaired) electrons. The number of rotatable bonds is 6.